The average Bonchev–Trinajstić information content (AvgIpc) is 2.65. The first-order chi connectivity index (χ1) is 12.5. The highest BCUT2D eigenvalue weighted by molar-refractivity contribution is 7.80. The molecule has 0 bridgehead atoms. The zero-order chi connectivity index (χ0) is 19.4. The Balaban J connectivity index is 2.70. The molecule has 0 aromatic heterocycles. The minimum atomic E-state index is -0.344. The number of ether oxygens (including phenoxy) is 1. The number of hydrogen-bond donors (Lipinski definition) is 3. The van der Waals surface area contributed by atoms with Gasteiger partial charge in [-0.1, -0.05) is 38.3 Å². The fourth-order valence-electron chi connectivity index (χ4n) is 2.62. The van der Waals surface area contributed by atoms with E-state index in [1.54, 1.807) is 18.2 Å². The van der Waals surface area contributed by atoms with E-state index in [0.717, 1.165) is 37.5 Å². The Morgan fingerprint density at radius 1 is 1.38 bits per heavy atom. The van der Waals surface area contributed by atoms with Crippen LogP contribution < -0.4 is 10.1 Å². The third-order valence-electron chi connectivity index (χ3n) is 4.08. The summed E-state index contributed by atoms with van der Waals surface area (Å²) < 4.78 is 5.06. The zero-order valence-corrected chi connectivity index (χ0v) is 16.4. The van der Waals surface area contributed by atoms with Crippen LogP contribution in [-0.2, 0) is 9.59 Å². The van der Waals surface area contributed by atoms with Crippen molar-refractivity contribution in [3.8, 4) is 11.5 Å². The molecule has 1 unspecified atom stereocenters. The monoisotopic (exact) mass is 379 g/mol. The summed E-state index contributed by atoms with van der Waals surface area (Å²) in [5.41, 5.74) is 0.768. The lowest BCUT2D eigenvalue weighted by Crippen LogP contribution is -2.41. The van der Waals surface area contributed by atoms with E-state index in [1.165, 1.54) is 19.3 Å². The molecule has 5 nitrogen and oxygen atoms in total. The molecule has 0 radical (unpaired) electrons. The van der Waals surface area contributed by atoms with E-state index in [0.29, 0.717) is 17.9 Å². The molecule has 1 aromatic rings. The van der Waals surface area contributed by atoms with Crippen LogP contribution in [0.5, 0.6) is 11.5 Å². The Bertz CT molecular complexity index is 603. The van der Waals surface area contributed by atoms with Crippen molar-refractivity contribution < 1.29 is 19.4 Å². The molecule has 6 heteroatoms. The van der Waals surface area contributed by atoms with E-state index in [2.05, 4.69) is 24.9 Å². The van der Waals surface area contributed by atoms with Crippen molar-refractivity contribution in [1.82, 2.24) is 5.32 Å². The Kier molecular flexibility index (Phi) is 10.7. The van der Waals surface area contributed by atoms with Gasteiger partial charge in [-0.3, -0.25) is 4.79 Å². The number of carbonyl (C=O) groups excluding carboxylic acids is 2. The number of benzene rings is 1. The minimum absolute atomic E-state index is 0.0187. The van der Waals surface area contributed by atoms with E-state index in [9.17, 15) is 14.7 Å². The van der Waals surface area contributed by atoms with Gasteiger partial charge in [0.25, 0.3) is 0 Å². The number of aromatic hydroxyl groups is 1. The number of aldehydes is 1. The van der Waals surface area contributed by atoms with Crippen LogP contribution in [0.25, 0.3) is 6.08 Å². The van der Waals surface area contributed by atoms with Crippen molar-refractivity contribution in [2.45, 2.75) is 51.1 Å². The highest BCUT2D eigenvalue weighted by Gasteiger charge is 2.16. The molecule has 1 rings (SSSR count). The predicted octanol–water partition coefficient (Wildman–Crippen LogP) is 3.41. The first-order valence-electron chi connectivity index (χ1n) is 8.94. The fourth-order valence-corrected chi connectivity index (χ4v) is 2.81. The molecule has 0 heterocycles. The Hall–Kier alpha value is -1.79. The third kappa shape index (κ3) is 8.06. The smallest absolute Gasteiger partial charge is 0.161 e. The van der Waals surface area contributed by atoms with Gasteiger partial charge in [-0.25, -0.2) is 0 Å². The number of nitrogens with one attached hydrogen (secondary N) is 1. The molecule has 0 fully saturated rings. The molecule has 0 saturated carbocycles. The number of allylic oxidation sites excluding steroid dienone is 1. The molecule has 0 aliphatic rings. The summed E-state index contributed by atoms with van der Waals surface area (Å²) >= 11 is 4.16. The average molecular weight is 380 g/mol. The number of ketones is 1. The fraction of sp³-hybridized carbons (Fsp3) is 0.500. The summed E-state index contributed by atoms with van der Waals surface area (Å²) in [4.78, 5) is 23.4. The van der Waals surface area contributed by atoms with E-state index in [1.807, 2.05) is 0 Å². The highest BCUT2D eigenvalue weighted by atomic mass is 32.1. The first-order valence-corrected chi connectivity index (χ1v) is 9.57. The van der Waals surface area contributed by atoms with Crippen molar-refractivity contribution >= 4 is 30.8 Å². The van der Waals surface area contributed by atoms with Gasteiger partial charge in [-0.05, 0) is 30.2 Å². The normalized spacial score (nSPS) is 13.5. The summed E-state index contributed by atoms with van der Waals surface area (Å²) in [6.45, 7) is 2.13. The van der Waals surface area contributed by atoms with E-state index < -0.39 is 0 Å². The van der Waals surface area contributed by atoms with Gasteiger partial charge in [0.2, 0.25) is 0 Å². The van der Waals surface area contributed by atoms with Crippen molar-refractivity contribution in [3.63, 3.8) is 0 Å². The van der Waals surface area contributed by atoms with Gasteiger partial charge in [-0.15, -0.1) is 0 Å². The van der Waals surface area contributed by atoms with Crippen LogP contribution in [0.4, 0.5) is 0 Å². The topological polar surface area (TPSA) is 75.6 Å². The molecule has 2 atom stereocenters. The van der Waals surface area contributed by atoms with E-state index >= 15 is 0 Å². The van der Waals surface area contributed by atoms with Crippen LogP contribution in [-0.4, -0.2) is 42.1 Å². The number of unbranched alkanes of at least 4 members (excludes halogenated alkanes) is 2. The molecule has 26 heavy (non-hydrogen) atoms. The second-order valence-electron chi connectivity index (χ2n) is 6.22. The first kappa shape index (κ1) is 22.3. The summed E-state index contributed by atoms with van der Waals surface area (Å²) in [5, 5.41) is 12.8. The van der Waals surface area contributed by atoms with Crippen LogP contribution in [0, 0.1) is 0 Å². The van der Waals surface area contributed by atoms with Gasteiger partial charge in [0.1, 0.15) is 6.29 Å². The van der Waals surface area contributed by atoms with Crippen molar-refractivity contribution in [1.29, 1.82) is 0 Å². The van der Waals surface area contributed by atoms with Gasteiger partial charge in [-0.2, -0.15) is 12.6 Å². The highest BCUT2D eigenvalue weighted by Crippen LogP contribution is 2.26. The van der Waals surface area contributed by atoms with Crippen molar-refractivity contribution in [2.75, 3.05) is 12.9 Å². The van der Waals surface area contributed by atoms with Crippen LogP contribution in [0.15, 0.2) is 24.3 Å². The van der Waals surface area contributed by atoms with Gasteiger partial charge < -0.3 is 20.0 Å². The Morgan fingerprint density at radius 2 is 2.15 bits per heavy atom. The largest absolute Gasteiger partial charge is 0.504 e. The van der Waals surface area contributed by atoms with Gasteiger partial charge in [0, 0.05) is 18.2 Å². The standard InChI is InChI=1S/C20H29NO4S/c1-3-4-5-6-16(21-17(13-22)14-26)12-18(23)9-7-15-8-10-19(24)20(11-15)25-2/h7-11,13,16-17,21,24,26H,3-6,12,14H2,1-2H3/b9-7+/t16?,17-/m1/s1. The number of carbonyl (C=O) groups is 2. The van der Waals surface area contributed by atoms with Gasteiger partial charge >= 0.3 is 0 Å². The zero-order valence-electron chi connectivity index (χ0n) is 15.5. The molecule has 2 N–H and O–H groups in total. The van der Waals surface area contributed by atoms with Gasteiger partial charge in [0.05, 0.1) is 13.2 Å². The number of methoxy groups -OCH3 is 1. The van der Waals surface area contributed by atoms with Crippen LogP contribution in [0.2, 0.25) is 0 Å². The lowest BCUT2D eigenvalue weighted by Gasteiger charge is -2.20. The third-order valence-corrected chi connectivity index (χ3v) is 4.47. The van der Waals surface area contributed by atoms with Crippen LogP contribution in [0.1, 0.15) is 44.6 Å². The predicted molar refractivity (Wildman–Crippen MR) is 108 cm³/mol. The number of thiol groups is 1. The molecule has 144 valence electrons. The maximum atomic E-state index is 12.3. The Morgan fingerprint density at radius 3 is 2.77 bits per heavy atom. The molecule has 1 aromatic carbocycles. The summed E-state index contributed by atoms with van der Waals surface area (Å²) in [6, 6.07) is 4.51. The second-order valence-corrected chi connectivity index (χ2v) is 6.58. The quantitative estimate of drug-likeness (QED) is 0.212. The minimum Gasteiger partial charge on any atom is -0.504 e. The maximum Gasteiger partial charge on any atom is 0.161 e. The molecule has 0 amide bonds. The van der Waals surface area contributed by atoms with Crippen LogP contribution in [0.3, 0.4) is 0 Å². The van der Waals surface area contributed by atoms with Crippen molar-refractivity contribution in [3.05, 3.63) is 29.8 Å². The summed E-state index contributed by atoms with van der Waals surface area (Å²) in [5.74, 6) is 0.810. The molecular formula is C20H29NO4S. The number of rotatable bonds is 13. The maximum absolute atomic E-state index is 12.3. The molecule has 0 saturated heterocycles. The summed E-state index contributed by atoms with van der Waals surface area (Å²) in [7, 11) is 1.48. The van der Waals surface area contributed by atoms with Crippen LogP contribution >= 0.6 is 12.6 Å². The molecule has 0 spiro atoms. The molecule has 0 aliphatic carbocycles. The second kappa shape index (κ2) is 12.5. The Labute approximate surface area is 161 Å². The van der Waals surface area contributed by atoms with E-state index in [-0.39, 0.29) is 23.6 Å². The number of phenols is 1. The van der Waals surface area contributed by atoms with Gasteiger partial charge in [0.15, 0.2) is 17.3 Å². The lowest BCUT2D eigenvalue weighted by molar-refractivity contribution is -0.115. The van der Waals surface area contributed by atoms with E-state index in [4.69, 9.17) is 4.74 Å². The molecular weight excluding hydrogens is 350 g/mol. The van der Waals surface area contributed by atoms with Crippen molar-refractivity contribution in [2.24, 2.45) is 0 Å². The number of phenolic OH excluding ortho intramolecular Hbond substituents is 1. The SMILES string of the molecule is CCCCCC(CC(=O)/C=C/c1ccc(O)c(OC)c1)N[C@H](C=O)CS. The summed E-state index contributed by atoms with van der Waals surface area (Å²) in [6.07, 6.45) is 8.45. The number of hydrogen-bond acceptors (Lipinski definition) is 6. The molecule has 0 aliphatic heterocycles. The lowest BCUT2D eigenvalue weighted by atomic mass is 10.0.